The minimum absolute atomic E-state index is 0.0424. The van der Waals surface area contributed by atoms with Crippen LogP contribution in [0.4, 0.5) is 5.95 Å². The number of hydrogen-bond donors (Lipinski definition) is 5. The molecule has 11 nitrogen and oxygen atoms in total. The molecule has 1 aliphatic heterocycles. The van der Waals surface area contributed by atoms with Crippen molar-refractivity contribution in [3.05, 3.63) is 62.8 Å². The molecule has 0 saturated carbocycles. The van der Waals surface area contributed by atoms with Crippen LogP contribution in [-0.4, -0.2) is 59.3 Å². The third kappa shape index (κ3) is 3.33. The number of aliphatic hydroxyl groups excluding tert-OH is 3. The fourth-order valence-electron chi connectivity index (χ4n) is 3.55. The zero-order chi connectivity index (χ0) is 21.4. The molecule has 0 amide bonds. The second-order valence-electron chi connectivity index (χ2n) is 6.93. The molecule has 3 heterocycles. The molecule has 30 heavy (non-hydrogen) atoms. The lowest BCUT2D eigenvalue weighted by atomic mass is 10.1. The van der Waals surface area contributed by atoms with Gasteiger partial charge in [0.1, 0.15) is 18.3 Å². The van der Waals surface area contributed by atoms with Crippen molar-refractivity contribution in [2.75, 3.05) is 12.3 Å². The largest absolute Gasteiger partial charge is 0.394 e. The summed E-state index contributed by atoms with van der Waals surface area (Å²) in [5.41, 5.74) is 5.10. The maximum absolute atomic E-state index is 13.2. The van der Waals surface area contributed by atoms with Gasteiger partial charge in [0.15, 0.2) is 17.4 Å². The third-order valence-corrected chi connectivity index (χ3v) is 5.00. The van der Waals surface area contributed by atoms with Gasteiger partial charge in [-0.15, -0.1) is 0 Å². The van der Waals surface area contributed by atoms with E-state index in [1.165, 1.54) is 4.57 Å². The summed E-state index contributed by atoms with van der Waals surface area (Å²) in [5.74, 6) is -0.218. The van der Waals surface area contributed by atoms with Gasteiger partial charge in [0, 0.05) is 6.54 Å². The molecular formula is C19H21N5O6. The number of fused-ring (bicyclic) bond motifs is 1. The first-order valence-corrected chi connectivity index (χ1v) is 9.27. The molecule has 4 atom stereocenters. The summed E-state index contributed by atoms with van der Waals surface area (Å²) in [6.45, 7) is -0.515. The maximum atomic E-state index is 13.2. The van der Waals surface area contributed by atoms with Crippen molar-refractivity contribution >= 4 is 23.2 Å². The predicted molar refractivity (Wildman–Crippen MR) is 108 cm³/mol. The van der Waals surface area contributed by atoms with E-state index in [1.54, 1.807) is 12.2 Å². The fourth-order valence-corrected chi connectivity index (χ4v) is 3.55. The van der Waals surface area contributed by atoms with Gasteiger partial charge >= 0.3 is 5.69 Å². The van der Waals surface area contributed by atoms with Crippen LogP contribution in [0, 0.1) is 0 Å². The Kier molecular flexibility index (Phi) is 5.26. The molecule has 1 aliphatic rings. The Bertz CT molecular complexity index is 1200. The lowest BCUT2D eigenvalue weighted by molar-refractivity contribution is -0.0527. The number of aromatic amines is 1. The van der Waals surface area contributed by atoms with Crippen molar-refractivity contribution in [1.29, 1.82) is 0 Å². The maximum Gasteiger partial charge on any atom is 0.333 e. The van der Waals surface area contributed by atoms with Crippen LogP contribution in [0.25, 0.3) is 17.2 Å². The van der Waals surface area contributed by atoms with Gasteiger partial charge in [-0.3, -0.25) is 14.3 Å². The van der Waals surface area contributed by atoms with Crippen LogP contribution >= 0.6 is 0 Å². The highest BCUT2D eigenvalue weighted by Crippen LogP contribution is 2.30. The second kappa shape index (κ2) is 7.88. The van der Waals surface area contributed by atoms with Gasteiger partial charge < -0.3 is 25.8 Å². The summed E-state index contributed by atoms with van der Waals surface area (Å²) >= 11 is 0. The number of anilines is 1. The number of aliphatic hydroxyl groups is 3. The lowest BCUT2D eigenvalue weighted by Gasteiger charge is -2.15. The minimum Gasteiger partial charge on any atom is -0.394 e. The summed E-state index contributed by atoms with van der Waals surface area (Å²) in [5, 5.41) is 29.7. The molecule has 1 aromatic carbocycles. The van der Waals surface area contributed by atoms with Crippen LogP contribution in [0.5, 0.6) is 0 Å². The SMILES string of the molecule is Nc1nc2c(c(=O)[nH]1)n(C/C=C/c1ccccc1)c(=O)n2C1OC(CO)[C@@H](O)[C@H]1O. The molecule has 1 fully saturated rings. The Hall–Kier alpha value is -3.25. The first kappa shape index (κ1) is 20.0. The third-order valence-electron chi connectivity index (χ3n) is 5.00. The second-order valence-corrected chi connectivity index (χ2v) is 6.93. The van der Waals surface area contributed by atoms with E-state index in [4.69, 9.17) is 10.5 Å². The van der Waals surface area contributed by atoms with Gasteiger partial charge in [-0.25, -0.2) is 9.36 Å². The number of hydrogen-bond acceptors (Lipinski definition) is 8. The van der Waals surface area contributed by atoms with Gasteiger partial charge in [0.25, 0.3) is 5.56 Å². The van der Waals surface area contributed by atoms with Crippen molar-refractivity contribution in [2.24, 2.45) is 0 Å². The zero-order valence-electron chi connectivity index (χ0n) is 15.8. The number of nitrogens with one attached hydrogen (secondary N) is 1. The van der Waals surface area contributed by atoms with Crippen molar-refractivity contribution in [3.8, 4) is 0 Å². The average molecular weight is 415 g/mol. The molecule has 158 valence electrons. The van der Waals surface area contributed by atoms with E-state index >= 15 is 0 Å². The molecule has 0 aliphatic carbocycles. The topological polar surface area (TPSA) is 169 Å². The molecular weight excluding hydrogens is 394 g/mol. The molecule has 1 saturated heterocycles. The molecule has 6 N–H and O–H groups in total. The van der Waals surface area contributed by atoms with E-state index in [2.05, 4.69) is 9.97 Å². The number of rotatable bonds is 5. The highest BCUT2D eigenvalue weighted by atomic mass is 16.6. The van der Waals surface area contributed by atoms with E-state index in [9.17, 15) is 24.9 Å². The van der Waals surface area contributed by atoms with Crippen LogP contribution in [0.1, 0.15) is 11.8 Å². The highest BCUT2D eigenvalue weighted by Gasteiger charge is 2.45. The molecule has 2 unspecified atom stereocenters. The average Bonchev–Trinajstić information content (AvgIpc) is 3.16. The summed E-state index contributed by atoms with van der Waals surface area (Å²) in [4.78, 5) is 32.1. The Balaban J connectivity index is 1.82. The van der Waals surface area contributed by atoms with Gasteiger partial charge in [-0.05, 0) is 5.56 Å². The van der Waals surface area contributed by atoms with Gasteiger partial charge in [-0.1, -0.05) is 42.5 Å². The molecule has 3 aromatic rings. The Labute approximate surface area is 169 Å². The van der Waals surface area contributed by atoms with Gasteiger partial charge in [0.05, 0.1) is 6.61 Å². The smallest absolute Gasteiger partial charge is 0.333 e. The van der Waals surface area contributed by atoms with Crippen LogP contribution in [0.3, 0.4) is 0 Å². The Morgan fingerprint density at radius 3 is 2.60 bits per heavy atom. The van der Waals surface area contributed by atoms with Crippen molar-refractivity contribution in [1.82, 2.24) is 19.1 Å². The van der Waals surface area contributed by atoms with Crippen molar-refractivity contribution < 1.29 is 20.1 Å². The van der Waals surface area contributed by atoms with Crippen molar-refractivity contribution in [3.63, 3.8) is 0 Å². The summed E-state index contributed by atoms with van der Waals surface area (Å²) in [6.07, 6.45) is -1.87. The Morgan fingerprint density at radius 1 is 1.20 bits per heavy atom. The highest BCUT2D eigenvalue weighted by molar-refractivity contribution is 5.72. The van der Waals surface area contributed by atoms with E-state index < -0.39 is 42.4 Å². The first-order valence-electron chi connectivity index (χ1n) is 9.27. The van der Waals surface area contributed by atoms with E-state index in [0.717, 1.165) is 10.1 Å². The van der Waals surface area contributed by atoms with E-state index in [1.807, 2.05) is 30.3 Å². The van der Waals surface area contributed by atoms with E-state index in [-0.39, 0.29) is 23.7 Å². The Morgan fingerprint density at radius 2 is 1.93 bits per heavy atom. The van der Waals surface area contributed by atoms with E-state index in [0.29, 0.717) is 0 Å². The number of benzene rings is 1. The van der Waals surface area contributed by atoms with Crippen LogP contribution in [-0.2, 0) is 11.3 Å². The fraction of sp³-hybridized carbons (Fsp3) is 0.316. The van der Waals surface area contributed by atoms with Crippen LogP contribution in [0.15, 0.2) is 46.0 Å². The minimum atomic E-state index is -1.51. The lowest BCUT2D eigenvalue weighted by Crippen LogP contribution is -2.36. The standard InChI is InChI=1S/C19H21N5O6/c20-18-21-15-12(16(28)22-18)23(8-4-7-10-5-2-1-3-6-10)19(29)24(15)17-14(27)13(26)11(9-25)30-17/h1-7,11,13-14,17,25-27H,8-9H2,(H3,20,21,22,28)/b7-4+/t11?,13-,14-,17?/m1/s1. The number of aromatic nitrogens is 4. The molecule has 11 heteroatoms. The molecule has 0 bridgehead atoms. The van der Waals surface area contributed by atoms with Crippen LogP contribution in [0.2, 0.25) is 0 Å². The normalized spacial score (nSPS) is 24.2. The number of nitrogen functional groups attached to an aromatic ring is 1. The first-order chi connectivity index (χ1) is 14.4. The van der Waals surface area contributed by atoms with Crippen LogP contribution < -0.4 is 17.0 Å². The monoisotopic (exact) mass is 415 g/mol. The number of nitrogens with two attached hydrogens (primary N) is 1. The number of imidazole rings is 1. The summed E-state index contributed by atoms with van der Waals surface area (Å²) < 4.78 is 7.61. The molecule has 0 radical (unpaired) electrons. The molecule has 0 spiro atoms. The van der Waals surface area contributed by atoms with Gasteiger partial charge in [0.2, 0.25) is 5.95 Å². The summed E-state index contributed by atoms with van der Waals surface area (Å²) in [7, 11) is 0. The number of nitrogens with zero attached hydrogens (tertiary/aromatic N) is 3. The number of allylic oxidation sites excluding steroid dienone is 1. The summed E-state index contributed by atoms with van der Waals surface area (Å²) in [6, 6.07) is 9.40. The quantitative estimate of drug-likeness (QED) is 0.346. The number of ether oxygens (including phenoxy) is 1. The number of H-pyrrole nitrogens is 1. The predicted octanol–water partition coefficient (Wildman–Crippen LogP) is -1.21. The molecule has 4 rings (SSSR count). The molecule has 2 aromatic heterocycles. The van der Waals surface area contributed by atoms with Crippen molar-refractivity contribution in [2.45, 2.75) is 31.1 Å². The zero-order valence-corrected chi connectivity index (χ0v) is 15.8. The van der Waals surface area contributed by atoms with Gasteiger partial charge in [-0.2, -0.15) is 4.98 Å².